The van der Waals surface area contributed by atoms with Crippen LogP contribution in [0, 0.1) is 11.3 Å². The Bertz CT molecular complexity index is 225. The van der Waals surface area contributed by atoms with Gasteiger partial charge >= 0.3 is 0 Å². The van der Waals surface area contributed by atoms with Crippen LogP contribution in [0.5, 0.6) is 0 Å². The van der Waals surface area contributed by atoms with Crippen molar-refractivity contribution in [2.75, 3.05) is 19.8 Å². The van der Waals surface area contributed by atoms with Crippen LogP contribution in [0.25, 0.3) is 0 Å². The van der Waals surface area contributed by atoms with Crippen molar-refractivity contribution in [1.29, 1.82) is 0 Å². The van der Waals surface area contributed by atoms with E-state index in [1.807, 2.05) is 0 Å². The molecule has 16 heavy (non-hydrogen) atoms. The lowest BCUT2D eigenvalue weighted by Crippen LogP contribution is -2.56. The molecule has 1 aliphatic heterocycles. The van der Waals surface area contributed by atoms with Crippen LogP contribution in [0.3, 0.4) is 0 Å². The van der Waals surface area contributed by atoms with E-state index in [0.717, 1.165) is 45.1 Å². The monoisotopic (exact) mass is 228 g/mol. The number of rotatable bonds is 2. The Kier molecular flexibility index (Phi) is 3.57. The summed E-state index contributed by atoms with van der Waals surface area (Å²) >= 11 is 0. The first-order valence-electron chi connectivity index (χ1n) is 6.53. The Morgan fingerprint density at radius 2 is 1.94 bits per heavy atom. The lowest BCUT2D eigenvalue weighted by atomic mass is 9.62. The quantitative estimate of drug-likeness (QED) is 0.756. The zero-order valence-electron chi connectivity index (χ0n) is 10.2. The Morgan fingerprint density at radius 1 is 1.25 bits per heavy atom. The van der Waals surface area contributed by atoms with Crippen molar-refractivity contribution in [3.05, 3.63) is 0 Å². The molecule has 1 atom stereocenters. The topological polar surface area (TPSA) is 49.7 Å². The zero-order chi connectivity index (χ0) is 11.6. The molecule has 0 aromatic heterocycles. The van der Waals surface area contributed by atoms with Gasteiger partial charge in [0.25, 0.3) is 0 Å². The van der Waals surface area contributed by atoms with Gasteiger partial charge < -0.3 is 14.9 Å². The van der Waals surface area contributed by atoms with E-state index < -0.39 is 11.0 Å². The summed E-state index contributed by atoms with van der Waals surface area (Å²) in [7, 11) is 0. The molecule has 1 heterocycles. The highest BCUT2D eigenvalue weighted by Crippen LogP contribution is 2.47. The molecule has 2 fully saturated rings. The predicted molar refractivity (Wildman–Crippen MR) is 62.2 cm³/mol. The molecule has 0 bridgehead atoms. The molecule has 3 nitrogen and oxygen atoms in total. The van der Waals surface area contributed by atoms with Crippen molar-refractivity contribution < 1.29 is 14.9 Å². The smallest absolute Gasteiger partial charge is 0.0748 e. The zero-order valence-corrected chi connectivity index (χ0v) is 10.2. The van der Waals surface area contributed by atoms with Crippen LogP contribution in [0.15, 0.2) is 0 Å². The molecule has 3 heteroatoms. The highest BCUT2D eigenvalue weighted by atomic mass is 16.5. The van der Waals surface area contributed by atoms with E-state index >= 15 is 0 Å². The van der Waals surface area contributed by atoms with Gasteiger partial charge in [-0.15, -0.1) is 0 Å². The molecule has 2 aliphatic rings. The fourth-order valence-corrected chi connectivity index (χ4v) is 3.26. The molecular formula is C13H24O3. The van der Waals surface area contributed by atoms with Crippen LogP contribution in [-0.2, 0) is 4.74 Å². The van der Waals surface area contributed by atoms with E-state index in [9.17, 15) is 10.2 Å². The maximum absolute atomic E-state index is 10.8. The van der Waals surface area contributed by atoms with Crippen LogP contribution in [0.2, 0.25) is 0 Å². The Morgan fingerprint density at radius 3 is 2.44 bits per heavy atom. The van der Waals surface area contributed by atoms with Crippen LogP contribution < -0.4 is 0 Å². The third-order valence-electron chi connectivity index (χ3n) is 4.71. The molecule has 0 amide bonds. The normalized spacial score (nSPS) is 45.6. The molecule has 0 aromatic carbocycles. The molecule has 2 rings (SSSR count). The van der Waals surface area contributed by atoms with E-state index in [1.54, 1.807) is 0 Å². The lowest BCUT2D eigenvalue weighted by Gasteiger charge is -2.51. The molecule has 1 aliphatic carbocycles. The summed E-state index contributed by atoms with van der Waals surface area (Å²) in [5.41, 5.74) is -1.10. The highest BCUT2D eigenvalue weighted by molar-refractivity contribution is 5.01. The highest BCUT2D eigenvalue weighted by Gasteiger charge is 2.51. The first-order valence-corrected chi connectivity index (χ1v) is 6.53. The van der Waals surface area contributed by atoms with Crippen LogP contribution >= 0.6 is 0 Å². The average molecular weight is 228 g/mol. The molecule has 1 saturated heterocycles. The van der Waals surface area contributed by atoms with E-state index in [0.29, 0.717) is 12.5 Å². The van der Waals surface area contributed by atoms with Crippen molar-refractivity contribution in [2.45, 2.75) is 51.0 Å². The van der Waals surface area contributed by atoms with Crippen molar-refractivity contribution in [3.8, 4) is 0 Å². The molecule has 1 unspecified atom stereocenters. The second-order valence-electron chi connectivity index (χ2n) is 5.81. The fourth-order valence-electron chi connectivity index (χ4n) is 3.26. The fraction of sp³-hybridized carbons (Fsp3) is 1.00. The van der Waals surface area contributed by atoms with Crippen molar-refractivity contribution in [3.63, 3.8) is 0 Å². The first kappa shape index (κ1) is 12.3. The number of aliphatic hydroxyl groups excluding tert-OH is 1. The van der Waals surface area contributed by atoms with Gasteiger partial charge in [-0.1, -0.05) is 6.92 Å². The van der Waals surface area contributed by atoms with Crippen molar-refractivity contribution in [1.82, 2.24) is 0 Å². The first-order chi connectivity index (χ1) is 7.62. The van der Waals surface area contributed by atoms with Gasteiger partial charge in [-0.25, -0.2) is 0 Å². The molecule has 94 valence electrons. The van der Waals surface area contributed by atoms with Crippen molar-refractivity contribution in [2.24, 2.45) is 11.3 Å². The molecule has 0 spiro atoms. The number of aliphatic hydroxyl groups is 2. The summed E-state index contributed by atoms with van der Waals surface area (Å²) in [5.74, 6) is 0.709. The van der Waals surface area contributed by atoms with E-state index in [2.05, 4.69) is 6.92 Å². The van der Waals surface area contributed by atoms with Gasteiger partial charge in [-0.3, -0.25) is 0 Å². The largest absolute Gasteiger partial charge is 0.396 e. The third kappa shape index (κ3) is 2.01. The van der Waals surface area contributed by atoms with Gasteiger partial charge in [0, 0.05) is 12.0 Å². The summed E-state index contributed by atoms with van der Waals surface area (Å²) in [6, 6.07) is 0. The summed E-state index contributed by atoms with van der Waals surface area (Å²) < 4.78 is 5.50. The van der Waals surface area contributed by atoms with Gasteiger partial charge in [-0.2, -0.15) is 0 Å². The summed E-state index contributed by atoms with van der Waals surface area (Å²) in [5, 5.41) is 20.5. The van der Waals surface area contributed by atoms with Gasteiger partial charge in [0.15, 0.2) is 0 Å². The second kappa shape index (κ2) is 4.63. The summed E-state index contributed by atoms with van der Waals surface area (Å²) in [4.78, 5) is 0. The van der Waals surface area contributed by atoms with E-state index in [1.165, 1.54) is 0 Å². The Balaban J connectivity index is 2.12. The standard InChI is InChI=1S/C13H24O3/c1-11-3-6-13(15,7-4-11)12(9-14)5-2-8-16-10-12/h11,14-15H,2-10H2,1H3. The van der Waals surface area contributed by atoms with E-state index in [4.69, 9.17) is 4.74 Å². The van der Waals surface area contributed by atoms with Gasteiger partial charge in [0.1, 0.15) is 0 Å². The van der Waals surface area contributed by atoms with Gasteiger partial charge in [0.05, 0.1) is 18.8 Å². The number of ether oxygens (including phenoxy) is 1. The van der Waals surface area contributed by atoms with E-state index in [-0.39, 0.29) is 6.61 Å². The van der Waals surface area contributed by atoms with Gasteiger partial charge in [-0.05, 0) is 44.4 Å². The maximum atomic E-state index is 10.8. The molecule has 0 radical (unpaired) electrons. The number of hydrogen-bond acceptors (Lipinski definition) is 3. The molecular weight excluding hydrogens is 204 g/mol. The SMILES string of the molecule is CC1CCC(O)(C2(CO)CCCOC2)CC1. The number of hydrogen-bond donors (Lipinski definition) is 2. The predicted octanol–water partition coefficient (Wildman–Crippen LogP) is 1.72. The molecule has 1 saturated carbocycles. The Labute approximate surface area is 97.8 Å². The van der Waals surface area contributed by atoms with Gasteiger partial charge in [0.2, 0.25) is 0 Å². The summed E-state index contributed by atoms with van der Waals surface area (Å²) in [6.07, 6.45) is 5.62. The Hall–Kier alpha value is -0.120. The molecule has 0 aromatic rings. The lowest BCUT2D eigenvalue weighted by molar-refractivity contribution is -0.184. The minimum Gasteiger partial charge on any atom is -0.396 e. The van der Waals surface area contributed by atoms with Crippen LogP contribution in [-0.4, -0.2) is 35.6 Å². The maximum Gasteiger partial charge on any atom is 0.0748 e. The third-order valence-corrected chi connectivity index (χ3v) is 4.71. The summed E-state index contributed by atoms with van der Waals surface area (Å²) in [6.45, 7) is 3.59. The minimum absolute atomic E-state index is 0.0535. The van der Waals surface area contributed by atoms with Crippen molar-refractivity contribution >= 4 is 0 Å². The van der Waals surface area contributed by atoms with Crippen LogP contribution in [0.4, 0.5) is 0 Å². The van der Waals surface area contributed by atoms with Crippen LogP contribution in [0.1, 0.15) is 45.4 Å². The minimum atomic E-state index is -0.700. The molecule has 2 N–H and O–H groups in total. The second-order valence-corrected chi connectivity index (χ2v) is 5.81. The average Bonchev–Trinajstić information content (AvgIpc) is 2.34.